The van der Waals surface area contributed by atoms with E-state index in [0.29, 0.717) is 10.0 Å². The zero-order chi connectivity index (χ0) is 19.5. The molecular formula is C21H15Cl2N3OS. The fraction of sp³-hybridized carbons (Fsp3) is 0.0476. The average molecular weight is 428 g/mol. The number of carbonyl (C=O) groups excluding carboxylic acids is 1. The van der Waals surface area contributed by atoms with E-state index < -0.39 is 0 Å². The SMILES string of the molecule is O=C(CNN=Cc1ccc(Cl)c(Cl)c1)N1c2ccccc2Sc2ccccc21. The number of halogens is 2. The second-order valence-corrected chi connectivity index (χ2v) is 7.93. The van der Waals surface area contributed by atoms with Crippen molar-refractivity contribution in [3.05, 3.63) is 82.3 Å². The molecule has 0 saturated carbocycles. The van der Waals surface area contributed by atoms with Gasteiger partial charge in [-0.3, -0.25) is 9.69 Å². The van der Waals surface area contributed by atoms with Crippen LogP contribution in [0.2, 0.25) is 10.0 Å². The van der Waals surface area contributed by atoms with E-state index in [0.717, 1.165) is 26.7 Å². The van der Waals surface area contributed by atoms with Crippen LogP contribution in [0.4, 0.5) is 11.4 Å². The van der Waals surface area contributed by atoms with Gasteiger partial charge in [0, 0.05) is 9.79 Å². The minimum Gasteiger partial charge on any atom is -0.301 e. The molecule has 0 radical (unpaired) electrons. The van der Waals surface area contributed by atoms with Gasteiger partial charge in [0.25, 0.3) is 5.91 Å². The Balaban J connectivity index is 1.50. The van der Waals surface area contributed by atoms with Gasteiger partial charge >= 0.3 is 0 Å². The van der Waals surface area contributed by atoms with E-state index in [2.05, 4.69) is 10.5 Å². The molecule has 0 atom stereocenters. The molecule has 4 nitrogen and oxygen atoms in total. The van der Waals surface area contributed by atoms with Gasteiger partial charge in [0.05, 0.1) is 27.6 Å². The minimum atomic E-state index is -0.0912. The number of amides is 1. The van der Waals surface area contributed by atoms with Crippen LogP contribution in [0.1, 0.15) is 5.56 Å². The fourth-order valence-corrected chi connectivity index (χ4v) is 4.24. The normalized spacial score (nSPS) is 12.6. The zero-order valence-electron chi connectivity index (χ0n) is 14.6. The lowest BCUT2D eigenvalue weighted by molar-refractivity contribution is -0.117. The predicted molar refractivity (Wildman–Crippen MR) is 116 cm³/mol. The van der Waals surface area contributed by atoms with E-state index in [1.807, 2.05) is 48.5 Å². The number of fused-ring (bicyclic) bond motifs is 2. The maximum Gasteiger partial charge on any atom is 0.252 e. The summed E-state index contributed by atoms with van der Waals surface area (Å²) in [5.74, 6) is -0.0912. The number of nitrogens with zero attached hydrogens (tertiary/aromatic N) is 2. The lowest BCUT2D eigenvalue weighted by Crippen LogP contribution is -2.35. The molecule has 7 heteroatoms. The van der Waals surface area contributed by atoms with Crippen LogP contribution in [0.25, 0.3) is 0 Å². The van der Waals surface area contributed by atoms with Crippen molar-refractivity contribution in [1.82, 2.24) is 5.43 Å². The van der Waals surface area contributed by atoms with E-state index >= 15 is 0 Å². The Bertz CT molecular complexity index is 1030. The van der Waals surface area contributed by atoms with E-state index in [1.165, 1.54) is 0 Å². The monoisotopic (exact) mass is 427 g/mol. The van der Waals surface area contributed by atoms with Crippen LogP contribution >= 0.6 is 35.0 Å². The van der Waals surface area contributed by atoms with Crippen LogP contribution < -0.4 is 10.3 Å². The first-order chi connectivity index (χ1) is 13.6. The number of hydrogen-bond donors (Lipinski definition) is 1. The highest BCUT2D eigenvalue weighted by molar-refractivity contribution is 7.99. The van der Waals surface area contributed by atoms with E-state index in [4.69, 9.17) is 23.2 Å². The standard InChI is InChI=1S/C21H15Cl2N3OS/c22-15-10-9-14(11-16(15)23)12-24-25-13-21(27)26-17-5-1-3-7-19(17)28-20-8-4-2-6-18(20)26/h1-12,25H,13H2. The molecule has 4 rings (SSSR count). The number of rotatable bonds is 4. The first-order valence-corrected chi connectivity index (χ1v) is 10.1. The van der Waals surface area contributed by atoms with Crippen LogP contribution in [-0.2, 0) is 4.79 Å². The summed E-state index contributed by atoms with van der Waals surface area (Å²) in [5, 5.41) is 5.08. The molecule has 3 aromatic carbocycles. The summed E-state index contributed by atoms with van der Waals surface area (Å²) in [6.07, 6.45) is 1.60. The van der Waals surface area contributed by atoms with Gasteiger partial charge < -0.3 is 5.43 Å². The summed E-state index contributed by atoms with van der Waals surface area (Å²) >= 11 is 13.6. The summed E-state index contributed by atoms with van der Waals surface area (Å²) in [7, 11) is 0. The van der Waals surface area contributed by atoms with Crippen molar-refractivity contribution in [2.24, 2.45) is 5.10 Å². The number of anilines is 2. The van der Waals surface area contributed by atoms with Crippen molar-refractivity contribution >= 4 is 58.5 Å². The third-order valence-electron chi connectivity index (χ3n) is 4.16. The van der Waals surface area contributed by atoms with Crippen LogP contribution in [0.3, 0.4) is 0 Å². The van der Waals surface area contributed by atoms with Gasteiger partial charge in [0.15, 0.2) is 0 Å². The molecule has 0 unspecified atom stereocenters. The maximum absolute atomic E-state index is 13.0. The molecule has 28 heavy (non-hydrogen) atoms. The van der Waals surface area contributed by atoms with Crippen LogP contribution in [0.15, 0.2) is 81.6 Å². The number of hydrazone groups is 1. The van der Waals surface area contributed by atoms with Crippen molar-refractivity contribution in [3.63, 3.8) is 0 Å². The van der Waals surface area contributed by atoms with Gasteiger partial charge in [-0.15, -0.1) is 0 Å². The van der Waals surface area contributed by atoms with Crippen molar-refractivity contribution in [2.75, 3.05) is 11.4 Å². The molecule has 140 valence electrons. The Hall–Kier alpha value is -2.47. The van der Waals surface area contributed by atoms with Crippen molar-refractivity contribution < 1.29 is 4.79 Å². The molecule has 0 spiro atoms. The first-order valence-electron chi connectivity index (χ1n) is 8.53. The Labute approximate surface area is 177 Å². The molecule has 0 aliphatic carbocycles. The highest BCUT2D eigenvalue weighted by atomic mass is 35.5. The molecule has 0 bridgehead atoms. The molecule has 1 heterocycles. The maximum atomic E-state index is 13.0. The Morgan fingerprint density at radius 2 is 1.61 bits per heavy atom. The van der Waals surface area contributed by atoms with Gasteiger partial charge in [0.2, 0.25) is 0 Å². The summed E-state index contributed by atoms with van der Waals surface area (Å²) in [5.41, 5.74) is 5.38. The zero-order valence-corrected chi connectivity index (χ0v) is 16.9. The van der Waals surface area contributed by atoms with Crippen molar-refractivity contribution in [2.45, 2.75) is 9.79 Å². The van der Waals surface area contributed by atoms with Gasteiger partial charge in [-0.05, 0) is 42.0 Å². The Kier molecular flexibility index (Phi) is 5.57. The minimum absolute atomic E-state index is 0.0607. The van der Waals surface area contributed by atoms with Gasteiger partial charge in [0.1, 0.15) is 6.54 Å². The first kappa shape index (κ1) is 18.9. The van der Waals surface area contributed by atoms with Crippen LogP contribution in [-0.4, -0.2) is 18.7 Å². The topological polar surface area (TPSA) is 44.7 Å². The molecule has 1 N–H and O–H groups in total. The van der Waals surface area contributed by atoms with E-state index in [-0.39, 0.29) is 12.5 Å². The van der Waals surface area contributed by atoms with Gasteiger partial charge in [-0.25, -0.2) is 0 Å². The summed E-state index contributed by atoms with van der Waals surface area (Å²) < 4.78 is 0. The second-order valence-electron chi connectivity index (χ2n) is 6.03. The Morgan fingerprint density at radius 1 is 0.964 bits per heavy atom. The number of benzene rings is 3. The van der Waals surface area contributed by atoms with Crippen LogP contribution in [0.5, 0.6) is 0 Å². The quantitative estimate of drug-likeness (QED) is 0.425. The van der Waals surface area contributed by atoms with Crippen LogP contribution in [0, 0.1) is 0 Å². The molecule has 0 fully saturated rings. The largest absolute Gasteiger partial charge is 0.301 e. The molecule has 0 aromatic heterocycles. The number of para-hydroxylation sites is 2. The Morgan fingerprint density at radius 3 is 2.25 bits per heavy atom. The fourth-order valence-electron chi connectivity index (χ4n) is 2.88. The number of carbonyl (C=O) groups is 1. The highest BCUT2D eigenvalue weighted by Gasteiger charge is 2.27. The molecule has 0 saturated heterocycles. The summed E-state index contributed by atoms with van der Waals surface area (Å²) in [6.45, 7) is 0.0607. The lowest BCUT2D eigenvalue weighted by atomic mass is 10.2. The summed E-state index contributed by atoms with van der Waals surface area (Å²) in [4.78, 5) is 16.8. The second kappa shape index (κ2) is 8.27. The van der Waals surface area contributed by atoms with E-state index in [1.54, 1.807) is 41.1 Å². The highest BCUT2D eigenvalue weighted by Crippen LogP contribution is 2.47. The number of nitrogens with one attached hydrogen (secondary N) is 1. The van der Waals surface area contributed by atoms with Gasteiger partial charge in [-0.2, -0.15) is 5.10 Å². The smallest absolute Gasteiger partial charge is 0.252 e. The number of hydrogen-bond acceptors (Lipinski definition) is 4. The van der Waals surface area contributed by atoms with Crippen molar-refractivity contribution in [1.29, 1.82) is 0 Å². The third-order valence-corrected chi connectivity index (χ3v) is 6.03. The summed E-state index contributed by atoms with van der Waals surface area (Å²) in [6, 6.07) is 21.0. The predicted octanol–water partition coefficient (Wildman–Crippen LogP) is 5.75. The van der Waals surface area contributed by atoms with Gasteiger partial charge in [-0.1, -0.05) is 65.3 Å². The van der Waals surface area contributed by atoms with E-state index in [9.17, 15) is 4.79 Å². The molecular weight excluding hydrogens is 413 g/mol. The molecule has 1 aliphatic heterocycles. The molecule has 1 aliphatic rings. The molecule has 1 amide bonds. The molecule has 3 aromatic rings. The lowest BCUT2D eigenvalue weighted by Gasteiger charge is -2.30. The van der Waals surface area contributed by atoms with Crippen molar-refractivity contribution in [3.8, 4) is 0 Å². The third kappa shape index (κ3) is 3.87. The average Bonchev–Trinajstić information content (AvgIpc) is 2.71.